The molecule has 2 aromatic carbocycles. The van der Waals surface area contributed by atoms with Crippen LogP contribution in [-0.4, -0.2) is 47.0 Å². The van der Waals surface area contributed by atoms with Crippen LogP contribution in [0.15, 0.2) is 48.5 Å². The summed E-state index contributed by atoms with van der Waals surface area (Å²) in [6.45, 7) is 3.14. The van der Waals surface area contributed by atoms with Crippen LogP contribution in [-0.2, 0) is 11.2 Å². The van der Waals surface area contributed by atoms with Crippen LogP contribution < -0.4 is 4.90 Å². The summed E-state index contributed by atoms with van der Waals surface area (Å²) in [4.78, 5) is 24.6. The van der Waals surface area contributed by atoms with Crippen molar-refractivity contribution < 1.29 is 4.79 Å². The van der Waals surface area contributed by atoms with Crippen LogP contribution in [0, 0.1) is 0 Å². The summed E-state index contributed by atoms with van der Waals surface area (Å²) in [5, 5.41) is 0.742. The predicted octanol–water partition coefficient (Wildman–Crippen LogP) is 3.50. The van der Waals surface area contributed by atoms with E-state index in [1.54, 1.807) is 0 Å². The van der Waals surface area contributed by atoms with Crippen LogP contribution in [0.5, 0.6) is 0 Å². The monoisotopic (exact) mass is 368 g/mol. The Kier molecular flexibility index (Phi) is 4.80. The summed E-state index contributed by atoms with van der Waals surface area (Å²) in [5.74, 6) is 1.06. The second-order valence-corrected chi connectivity index (χ2v) is 6.98. The third kappa shape index (κ3) is 3.68. The summed E-state index contributed by atoms with van der Waals surface area (Å²) in [6.07, 6.45) is 1.12. The number of nitrogens with one attached hydrogen (secondary N) is 1. The smallest absolute Gasteiger partial charge is 0.223 e. The lowest BCUT2D eigenvalue weighted by atomic mass is 10.2. The second kappa shape index (κ2) is 7.38. The summed E-state index contributed by atoms with van der Waals surface area (Å²) >= 11 is 6.07. The van der Waals surface area contributed by atoms with Gasteiger partial charge in [-0.15, -0.1) is 0 Å². The largest absolute Gasteiger partial charge is 0.368 e. The summed E-state index contributed by atoms with van der Waals surface area (Å²) in [6, 6.07) is 15.8. The van der Waals surface area contributed by atoms with Crippen molar-refractivity contribution >= 4 is 34.2 Å². The molecule has 4 rings (SSSR count). The van der Waals surface area contributed by atoms with Gasteiger partial charge in [0.05, 0.1) is 11.0 Å². The zero-order chi connectivity index (χ0) is 17.9. The third-order valence-corrected chi connectivity index (χ3v) is 5.05. The van der Waals surface area contributed by atoms with E-state index in [1.165, 1.54) is 0 Å². The first kappa shape index (κ1) is 16.9. The van der Waals surface area contributed by atoms with Gasteiger partial charge in [0.15, 0.2) is 0 Å². The van der Waals surface area contributed by atoms with Gasteiger partial charge in [0.1, 0.15) is 5.82 Å². The van der Waals surface area contributed by atoms with Gasteiger partial charge in [-0.1, -0.05) is 29.8 Å². The molecule has 1 aromatic heterocycles. The lowest BCUT2D eigenvalue weighted by Gasteiger charge is -2.36. The molecule has 5 nitrogen and oxygen atoms in total. The van der Waals surface area contributed by atoms with Crippen LogP contribution >= 0.6 is 11.6 Å². The average molecular weight is 369 g/mol. The first-order valence-electron chi connectivity index (χ1n) is 8.91. The molecular weight excluding hydrogens is 348 g/mol. The number of benzene rings is 2. The van der Waals surface area contributed by atoms with Crippen molar-refractivity contribution in [2.45, 2.75) is 12.8 Å². The van der Waals surface area contributed by atoms with Crippen LogP contribution in [0.4, 0.5) is 5.69 Å². The van der Waals surface area contributed by atoms with Crippen molar-refractivity contribution in [3.05, 3.63) is 59.4 Å². The van der Waals surface area contributed by atoms with Gasteiger partial charge < -0.3 is 14.8 Å². The summed E-state index contributed by atoms with van der Waals surface area (Å²) in [7, 11) is 0. The Bertz CT molecular complexity index is 882. The maximum Gasteiger partial charge on any atom is 0.223 e. The van der Waals surface area contributed by atoms with Crippen LogP contribution in [0.1, 0.15) is 12.2 Å². The number of nitrogens with zero attached hydrogens (tertiary/aromatic N) is 3. The van der Waals surface area contributed by atoms with Gasteiger partial charge in [-0.2, -0.15) is 0 Å². The van der Waals surface area contributed by atoms with Gasteiger partial charge in [-0.25, -0.2) is 4.98 Å². The highest BCUT2D eigenvalue weighted by Gasteiger charge is 2.21. The highest BCUT2D eigenvalue weighted by atomic mass is 35.5. The number of halogens is 1. The molecule has 6 heteroatoms. The highest BCUT2D eigenvalue weighted by molar-refractivity contribution is 6.30. The zero-order valence-electron chi connectivity index (χ0n) is 14.5. The highest BCUT2D eigenvalue weighted by Crippen LogP contribution is 2.21. The molecule has 0 saturated carbocycles. The maximum atomic E-state index is 12.5. The Labute approximate surface area is 157 Å². The van der Waals surface area contributed by atoms with E-state index in [9.17, 15) is 4.79 Å². The minimum atomic E-state index is 0.191. The van der Waals surface area contributed by atoms with Crippen molar-refractivity contribution in [3.8, 4) is 0 Å². The van der Waals surface area contributed by atoms with Crippen molar-refractivity contribution in [2.75, 3.05) is 31.1 Å². The minimum Gasteiger partial charge on any atom is -0.368 e. The fourth-order valence-corrected chi connectivity index (χ4v) is 3.58. The van der Waals surface area contributed by atoms with Gasteiger partial charge in [0.25, 0.3) is 0 Å². The van der Waals surface area contributed by atoms with Gasteiger partial charge in [-0.05, 0) is 30.3 Å². The number of amides is 1. The molecule has 1 fully saturated rings. The van der Waals surface area contributed by atoms with Crippen molar-refractivity contribution in [3.63, 3.8) is 0 Å². The quantitative estimate of drug-likeness (QED) is 0.766. The molecule has 0 radical (unpaired) electrons. The molecule has 2 heterocycles. The average Bonchev–Trinajstić information content (AvgIpc) is 3.09. The SMILES string of the molecule is O=C(CCc1nc2ccccc2[nH]1)N1CCN(c2cccc(Cl)c2)CC1. The number of carbonyl (C=O) groups excluding carboxylic acids is 1. The number of carbonyl (C=O) groups is 1. The van der Waals surface area contributed by atoms with Gasteiger partial charge in [0.2, 0.25) is 5.91 Å². The molecule has 0 bridgehead atoms. The Morgan fingerprint density at radius 3 is 2.65 bits per heavy atom. The number of anilines is 1. The fraction of sp³-hybridized carbons (Fsp3) is 0.300. The van der Waals surface area contributed by atoms with Crippen LogP contribution in [0.3, 0.4) is 0 Å². The number of imidazole rings is 1. The number of rotatable bonds is 4. The molecule has 0 unspecified atom stereocenters. The molecular formula is C20H21ClN4O. The topological polar surface area (TPSA) is 52.2 Å². The Morgan fingerprint density at radius 2 is 1.88 bits per heavy atom. The van der Waals surface area contributed by atoms with Crippen LogP contribution in [0.2, 0.25) is 5.02 Å². The van der Waals surface area contributed by atoms with E-state index in [2.05, 4.69) is 20.9 Å². The molecule has 1 aliphatic heterocycles. The summed E-state index contributed by atoms with van der Waals surface area (Å²) in [5.41, 5.74) is 3.09. The van der Waals surface area contributed by atoms with E-state index < -0.39 is 0 Å². The molecule has 134 valence electrons. The molecule has 0 atom stereocenters. The number of H-pyrrole nitrogens is 1. The molecule has 1 amide bonds. The zero-order valence-corrected chi connectivity index (χ0v) is 15.2. The standard InChI is InChI=1S/C20H21ClN4O/c21-15-4-3-5-16(14-15)24-10-12-25(13-11-24)20(26)9-8-19-22-17-6-1-2-7-18(17)23-19/h1-7,14H,8-13H2,(H,22,23). The fourth-order valence-electron chi connectivity index (χ4n) is 3.39. The lowest BCUT2D eigenvalue weighted by Crippen LogP contribution is -2.48. The van der Waals surface area contributed by atoms with Crippen molar-refractivity contribution in [1.29, 1.82) is 0 Å². The van der Waals surface area contributed by atoms with E-state index in [-0.39, 0.29) is 5.91 Å². The number of aromatic nitrogens is 2. The van der Waals surface area contributed by atoms with Gasteiger partial charge >= 0.3 is 0 Å². The number of aryl methyl sites for hydroxylation is 1. The molecule has 3 aromatic rings. The summed E-state index contributed by atoms with van der Waals surface area (Å²) < 4.78 is 0. The van der Waals surface area contributed by atoms with E-state index in [0.29, 0.717) is 12.8 Å². The normalized spacial score (nSPS) is 14.8. The van der Waals surface area contributed by atoms with E-state index in [4.69, 9.17) is 11.6 Å². The minimum absolute atomic E-state index is 0.191. The molecule has 26 heavy (non-hydrogen) atoms. The number of fused-ring (bicyclic) bond motifs is 1. The molecule has 0 aliphatic carbocycles. The number of piperazine rings is 1. The molecule has 1 aliphatic rings. The molecule has 1 N–H and O–H groups in total. The van der Waals surface area contributed by atoms with Crippen molar-refractivity contribution in [2.24, 2.45) is 0 Å². The number of hydrogen-bond acceptors (Lipinski definition) is 3. The van der Waals surface area contributed by atoms with E-state index in [1.807, 2.05) is 47.4 Å². The van der Waals surface area contributed by atoms with Gasteiger partial charge in [0, 0.05) is 49.7 Å². The van der Waals surface area contributed by atoms with Gasteiger partial charge in [-0.3, -0.25) is 4.79 Å². The predicted molar refractivity (Wildman–Crippen MR) is 105 cm³/mol. The first-order valence-corrected chi connectivity index (χ1v) is 9.29. The maximum absolute atomic E-state index is 12.5. The Balaban J connectivity index is 1.30. The number of hydrogen-bond donors (Lipinski definition) is 1. The van der Waals surface area contributed by atoms with E-state index in [0.717, 1.165) is 53.7 Å². The Morgan fingerprint density at radius 1 is 1.08 bits per heavy atom. The lowest BCUT2D eigenvalue weighted by molar-refractivity contribution is -0.131. The number of aromatic amines is 1. The van der Waals surface area contributed by atoms with E-state index >= 15 is 0 Å². The third-order valence-electron chi connectivity index (χ3n) is 4.82. The molecule has 0 spiro atoms. The Hall–Kier alpha value is -2.53. The first-order chi connectivity index (χ1) is 12.7. The second-order valence-electron chi connectivity index (χ2n) is 6.55. The van der Waals surface area contributed by atoms with Crippen LogP contribution in [0.25, 0.3) is 11.0 Å². The van der Waals surface area contributed by atoms with Crippen molar-refractivity contribution in [1.82, 2.24) is 14.9 Å². The molecule has 1 saturated heterocycles. The number of para-hydroxylation sites is 2.